The minimum absolute atomic E-state index is 0.0833. The molecule has 23 heavy (non-hydrogen) atoms. The maximum Gasteiger partial charge on any atom is 0.0965 e. The summed E-state index contributed by atoms with van der Waals surface area (Å²) >= 11 is 0. The number of ether oxygens (including phenoxy) is 1. The van der Waals surface area contributed by atoms with Crippen molar-refractivity contribution in [1.29, 1.82) is 0 Å². The van der Waals surface area contributed by atoms with Crippen LogP contribution in [0.25, 0.3) is 0 Å². The predicted octanol–water partition coefficient (Wildman–Crippen LogP) is 6.81. The van der Waals surface area contributed by atoms with Gasteiger partial charge < -0.3 is 4.74 Å². The zero-order valence-corrected chi connectivity index (χ0v) is 15.8. The summed E-state index contributed by atoms with van der Waals surface area (Å²) in [5, 5.41) is 0. The number of hydrogen-bond donors (Lipinski definition) is 0. The summed E-state index contributed by atoms with van der Waals surface area (Å²) in [6.45, 7) is 6.67. The first kappa shape index (κ1) is 20.2. The van der Waals surface area contributed by atoms with Gasteiger partial charge in [0.05, 0.1) is 11.8 Å². The van der Waals surface area contributed by atoms with Crippen molar-refractivity contribution >= 4 is 0 Å². The lowest BCUT2D eigenvalue weighted by Gasteiger charge is -2.22. The number of unbranched alkanes of at least 4 members (excludes halogenated alkanes) is 6. The third kappa shape index (κ3) is 7.48. The molecule has 1 heterocycles. The quantitative estimate of drug-likeness (QED) is 0.372. The summed E-state index contributed by atoms with van der Waals surface area (Å²) in [6.07, 6.45) is 15.3. The first-order chi connectivity index (χ1) is 11.2. The van der Waals surface area contributed by atoms with E-state index in [1.807, 2.05) is 6.20 Å². The average Bonchev–Trinajstić information content (AvgIpc) is 2.59. The van der Waals surface area contributed by atoms with Crippen LogP contribution < -0.4 is 0 Å². The lowest BCUT2D eigenvalue weighted by Crippen LogP contribution is -2.09. The summed E-state index contributed by atoms with van der Waals surface area (Å²) in [7, 11) is 1.78. The van der Waals surface area contributed by atoms with Gasteiger partial charge in [-0.05, 0) is 37.3 Å². The molecule has 0 aromatic carbocycles. The molecule has 0 fully saturated rings. The van der Waals surface area contributed by atoms with E-state index >= 15 is 0 Å². The lowest BCUT2D eigenvalue weighted by atomic mass is 9.86. The summed E-state index contributed by atoms with van der Waals surface area (Å²) in [6, 6.07) is 4.37. The molecule has 0 bridgehead atoms. The summed E-state index contributed by atoms with van der Waals surface area (Å²) in [5.41, 5.74) is 2.57. The SMILES string of the molecule is CCCCCCCC(CCCCC)c1cccnc1C(C)OC. The van der Waals surface area contributed by atoms with E-state index in [1.165, 1.54) is 69.8 Å². The standard InChI is InChI=1S/C21H37NO/c1-5-7-9-10-12-15-19(14-11-8-6-2)20-16-13-17-22-21(20)18(3)23-4/h13,16-19H,5-12,14-15H2,1-4H3. The van der Waals surface area contributed by atoms with E-state index in [1.54, 1.807) is 7.11 Å². The Hall–Kier alpha value is -0.890. The molecule has 0 radical (unpaired) electrons. The van der Waals surface area contributed by atoms with Gasteiger partial charge in [-0.2, -0.15) is 0 Å². The van der Waals surface area contributed by atoms with Crippen LogP contribution in [-0.4, -0.2) is 12.1 Å². The fourth-order valence-electron chi connectivity index (χ4n) is 3.32. The van der Waals surface area contributed by atoms with E-state index in [4.69, 9.17) is 4.74 Å². The molecule has 0 saturated carbocycles. The van der Waals surface area contributed by atoms with Crippen LogP contribution in [0.5, 0.6) is 0 Å². The minimum atomic E-state index is 0.0833. The molecule has 0 aliphatic rings. The Labute approximate surface area is 144 Å². The summed E-state index contributed by atoms with van der Waals surface area (Å²) < 4.78 is 5.55. The minimum Gasteiger partial charge on any atom is -0.375 e. The Bertz CT molecular complexity index is 405. The second-order valence-corrected chi connectivity index (χ2v) is 6.75. The van der Waals surface area contributed by atoms with E-state index in [0.717, 1.165) is 5.69 Å². The molecule has 2 atom stereocenters. The molecule has 132 valence electrons. The van der Waals surface area contributed by atoms with Gasteiger partial charge in [-0.1, -0.05) is 71.3 Å². The molecule has 0 aliphatic carbocycles. The van der Waals surface area contributed by atoms with Crippen LogP contribution in [0, 0.1) is 0 Å². The molecular formula is C21H37NO. The first-order valence-corrected chi connectivity index (χ1v) is 9.72. The Balaban J connectivity index is 2.73. The van der Waals surface area contributed by atoms with Crippen LogP contribution in [0.2, 0.25) is 0 Å². The molecule has 0 aliphatic heterocycles. The molecule has 0 spiro atoms. The number of rotatable bonds is 13. The summed E-state index contributed by atoms with van der Waals surface area (Å²) in [4.78, 5) is 4.63. The van der Waals surface area contributed by atoms with Crippen molar-refractivity contribution in [3.05, 3.63) is 29.6 Å². The predicted molar refractivity (Wildman–Crippen MR) is 99.9 cm³/mol. The van der Waals surface area contributed by atoms with E-state index in [2.05, 4.69) is 37.9 Å². The topological polar surface area (TPSA) is 22.1 Å². The fourth-order valence-corrected chi connectivity index (χ4v) is 3.32. The highest BCUT2D eigenvalue weighted by molar-refractivity contribution is 5.26. The largest absolute Gasteiger partial charge is 0.375 e. The van der Waals surface area contributed by atoms with Gasteiger partial charge in [0.1, 0.15) is 0 Å². The van der Waals surface area contributed by atoms with Crippen LogP contribution in [-0.2, 0) is 4.74 Å². The molecule has 2 unspecified atom stereocenters. The fraction of sp³-hybridized carbons (Fsp3) is 0.762. The molecule has 2 heteroatoms. The van der Waals surface area contributed by atoms with Crippen molar-refractivity contribution in [2.24, 2.45) is 0 Å². The van der Waals surface area contributed by atoms with Gasteiger partial charge in [-0.15, -0.1) is 0 Å². The van der Waals surface area contributed by atoms with Crippen LogP contribution in [0.1, 0.15) is 108 Å². The van der Waals surface area contributed by atoms with Crippen molar-refractivity contribution in [2.45, 2.75) is 97.0 Å². The maximum atomic E-state index is 5.55. The zero-order chi connectivity index (χ0) is 16.9. The van der Waals surface area contributed by atoms with Gasteiger partial charge in [-0.3, -0.25) is 4.98 Å². The number of hydrogen-bond acceptors (Lipinski definition) is 2. The van der Waals surface area contributed by atoms with Gasteiger partial charge >= 0.3 is 0 Å². The molecule has 1 rings (SSSR count). The molecule has 1 aromatic heterocycles. The first-order valence-electron chi connectivity index (χ1n) is 9.72. The van der Waals surface area contributed by atoms with Gasteiger partial charge in [0, 0.05) is 13.3 Å². The van der Waals surface area contributed by atoms with Crippen molar-refractivity contribution in [2.75, 3.05) is 7.11 Å². The van der Waals surface area contributed by atoms with Crippen molar-refractivity contribution in [3.63, 3.8) is 0 Å². The summed E-state index contributed by atoms with van der Waals surface area (Å²) in [5.74, 6) is 0.643. The van der Waals surface area contributed by atoms with E-state index in [-0.39, 0.29) is 6.10 Å². The monoisotopic (exact) mass is 319 g/mol. The van der Waals surface area contributed by atoms with Gasteiger partial charge in [-0.25, -0.2) is 0 Å². The maximum absolute atomic E-state index is 5.55. The number of nitrogens with zero attached hydrogens (tertiary/aromatic N) is 1. The van der Waals surface area contributed by atoms with Gasteiger partial charge in [0.2, 0.25) is 0 Å². The highest BCUT2D eigenvalue weighted by Crippen LogP contribution is 2.33. The van der Waals surface area contributed by atoms with Crippen LogP contribution in [0.15, 0.2) is 18.3 Å². The Morgan fingerprint density at radius 3 is 2.22 bits per heavy atom. The third-order valence-electron chi connectivity index (χ3n) is 4.86. The Morgan fingerprint density at radius 1 is 0.957 bits per heavy atom. The van der Waals surface area contributed by atoms with E-state index in [9.17, 15) is 0 Å². The van der Waals surface area contributed by atoms with Crippen LogP contribution >= 0.6 is 0 Å². The van der Waals surface area contributed by atoms with Crippen LogP contribution in [0.3, 0.4) is 0 Å². The number of methoxy groups -OCH3 is 1. The Morgan fingerprint density at radius 2 is 1.57 bits per heavy atom. The zero-order valence-electron chi connectivity index (χ0n) is 15.8. The highest BCUT2D eigenvalue weighted by atomic mass is 16.5. The smallest absolute Gasteiger partial charge is 0.0965 e. The second kappa shape index (κ2) is 12.5. The molecule has 0 saturated heterocycles. The molecular weight excluding hydrogens is 282 g/mol. The van der Waals surface area contributed by atoms with Crippen molar-refractivity contribution < 1.29 is 4.74 Å². The molecule has 0 amide bonds. The average molecular weight is 320 g/mol. The highest BCUT2D eigenvalue weighted by Gasteiger charge is 2.19. The molecule has 2 nitrogen and oxygen atoms in total. The van der Waals surface area contributed by atoms with Crippen molar-refractivity contribution in [3.8, 4) is 0 Å². The van der Waals surface area contributed by atoms with Crippen LogP contribution in [0.4, 0.5) is 0 Å². The van der Waals surface area contributed by atoms with Gasteiger partial charge in [0.15, 0.2) is 0 Å². The van der Waals surface area contributed by atoms with E-state index in [0.29, 0.717) is 5.92 Å². The third-order valence-corrected chi connectivity index (χ3v) is 4.86. The molecule has 1 aromatic rings. The normalized spacial score (nSPS) is 13.9. The second-order valence-electron chi connectivity index (χ2n) is 6.75. The van der Waals surface area contributed by atoms with Crippen molar-refractivity contribution in [1.82, 2.24) is 4.98 Å². The molecule has 0 N–H and O–H groups in total. The Kier molecular flexibility index (Phi) is 11.0. The number of aromatic nitrogens is 1. The van der Waals surface area contributed by atoms with E-state index < -0.39 is 0 Å². The number of pyridine rings is 1. The van der Waals surface area contributed by atoms with Gasteiger partial charge in [0.25, 0.3) is 0 Å². The lowest BCUT2D eigenvalue weighted by molar-refractivity contribution is 0.114.